The van der Waals surface area contributed by atoms with Gasteiger partial charge in [-0.25, -0.2) is 0 Å². The van der Waals surface area contributed by atoms with Crippen molar-refractivity contribution in [2.24, 2.45) is 5.73 Å². The van der Waals surface area contributed by atoms with Crippen LogP contribution in [0.1, 0.15) is 24.1 Å². The zero-order valence-electron chi connectivity index (χ0n) is 11.3. The number of methoxy groups -OCH3 is 1. The molecule has 0 fully saturated rings. The SMILES string of the molecule is COc1cccc(OCc2ccccc2)c1[C@H](C)N. The average Bonchev–Trinajstić information content (AvgIpc) is 2.45. The fourth-order valence-corrected chi connectivity index (χ4v) is 2.01. The van der Waals surface area contributed by atoms with E-state index in [1.54, 1.807) is 7.11 Å². The topological polar surface area (TPSA) is 44.5 Å². The highest BCUT2D eigenvalue weighted by Crippen LogP contribution is 2.33. The lowest BCUT2D eigenvalue weighted by Crippen LogP contribution is -2.10. The summed E-state index contributed by atoms with van der Waals surface area (Å²) in [4.78, 5) is 0. The molecule has 0 aromatic heterocycles. The summed E-state index contributed by atoms with van der Waals surface area (Å²) < 4.78 is 11.2. The third-order valence-electron chi connectivity index (χ3n) is 2.94. The highest BCUT2D eigenvalue weighted by atomic mass is 16.5. The zero-order valence-corrected chi connectivity index (χ0v) is 11.3. The van der Waals surface area contributed by atoms with E-state index >= 15 is 0 Å². The standard InChI is InChI=1S/C16H19NO2/c1-12(17)16-14(18-2)9-6-10-15(16)19-11-13-7-4-3-5-8-13/h3-10,12H,11,17H2,1-2H3/t12-/m0/s1. The molecule has 2 aromatic rings. The lowest BCUT2D eigenvalue weighted by molar-refractivity contribution is 0.297. The van der Waals surface area contributed by atoms with Crippen molar-refractivity contribution in [2.45, 2.75) is 19.6 Å². The van der Waals surface area contributed by atoms with Crippen LogP contribution in [0.2, 0.25) is 0 Å². The molecule has 2 aromatic carbocycles. The van der Waals surface area contributed by atoms with Crippen molar-refractivity contribution in [2.75, 3.05) is 7.11 Å². The Hall–Kier alpha value is -2.00. The fourth-order valence-electron chi connectivity index (χ4n) is 2.01. The molecule has 0 aliphatic rings. The molecule has 19 heavy (non-hydrogen) atoms. The summed E-state index contributed by atoms with van der Waals surface area (Å²) in [5, 5.41) is 0. The minimum absolute atomic E-state index is 0.137. The highest BCUT2D eigenvalue weighted by Gasteiger charge is 2.14. The molecular weight excluding hydrogens is 238 g/mol. The first-order valence-corrected chi connectivity index (χ1v) is 6.31. The molecule has 0 spiro atoms. The maximum atomic E-state index is 6.00. The van der Waals surface area contributed by atoms with Crippen molar-refractivity contribution in [1.29, 1.82) is 0 Å². The van der Waals surface area contributed by atoms with Crippen LogP contribution in [-0.4, -0.2) is 7.11 Å². The lowest BCUT2D eigenvalue weighted by Gasteiger charge is -2.17. The molecule has 0 bridgehead atoms. The van der Waals surface area contributed by atoms with E-state index in [1.807, 2.05) is 55.5 Å². The van der Waals surface area contributed by atoms with E-state index in [0.717, 1.165) is 22.6 Å². The summed E-state index contributed by atoms with van der Waals surface area (Å²) in [6.45, 7) is 2.45. The summed E-state index contributed by atoms with van der Waals surface area (Å²) in [7, 11) is 1.64. The number of benzene rings is 2. The number of ether oxygens (including phenoxy) is 2. The predicted molar refractivity (Wildman–Crippen MR) is 76.4 cm³/mol. The fraction of sp³-hybridized carbons (Fsp3) is 0.250. The summed E-state index contributed by atoms with van der Waals surface area (Å²) in [5.41, 5.74) is 8.03. The first-order valence-electron chi connectivity index (χ1n) is 6.31. The largest absolute Gasteiger partial charge is 0.496 e. The minimum Gasteiger partial charge on any atom is -0.496 e. The number of hydrogen-bond acceptors (Lipinski definition) is 3. The van der Waals surface area contributed by atoms with Gasteiger partial charge in [-0.1, -0.05) is 36.4 Å². The normalized spacial score (nSPS) is 11.9. The van der Waals surface area contributed by atoms with Gasteiger partial charge in [-0.3, -0.25) is 0 Å². The molecule has 0 heterocycles. The zero-order chi connectivity index (χ0) is 13.7. The average molecular weight is 257 g/mol. The predicted octanol–water partition coefficient (Wildman–Crippen LogP) is 3.29. The Kier molecular flexibility index (Phi) is 4.42. The number of rotatable bonds is 5. The monoisotopic (exact) mass is 257 g/mol. The molecule has 0 amide bonds. The first-order chi connectivity index (χ1) is 9.22. The molecule has 3 nitrogen and oxygen atoms in total. The molecule has 2 rings (SSSR count). The van der Waals surface area contributed by atoms with E-state index in [9.17, 15) is 0 Å². The van der Waals surface area contributed by atoms with Crippen LogP contribution in [0.5, 0.6) is 11.5 Å². The number of hydrogen-bond donors (Lipinski definition) is 1. The van der Waals surface area contributed by atoms with E-state index in [4.69, 9.17) is 15.2 Å². The van der Waals surface area contributed by atoms with Crippen LogP contribution in [0, 0.1) is 0 Å². The van der Waals surface area contributed by atoms with Crippen molar-refractivity contribution in [3.63, 3.8) is 0 Å². The van der Waals surface area contributed by atoms with Gasteiger partial charge in [0.2, 0.25) is 0 Å². The lowest BCUT2D eigenvalue weighted by atomic mass is 10.1. The van der Waals surface area contributed by atoms with Gasteiger partial charge in [0, 0.05) is 6.04 Å². The van der Waals surface area contributed by atoms with Crippen LogP contribution in [0.3, 0.4) is 0 Å². The third-order valence-corrected chi connectivity index (χ3v) is 2.94. The van der Waals surface area contributed by atoms with Crippen LogP contribution in [0.4, 0.5) is 0 Å². The van der Waals surface area contributed by atoms with Crippen molar-refractivity contribution >= 4 is 0 Å². The van der Waals surface area contributed by atoms with Crippen molar-refractivity contribution < 1.29 is 9.47 Å². The summed E-state index contributed by atoms with van der Waals surface area (Å²) in [6, 6.07) is 15.6. The highest BCUT2D eigenvalue weighted by molar-refractivity contribution is 5.46. The summed E-state index contributed by atoms with van der Waals surface area (Å²) in [6.07, 6.45) is 0. The van der Waals surface area contributed by atoms with Gasteiger partial charge >= 0.3 is 0 Å². The van der Waals surface area contributed by atoms with Gasteiger partial charge in [-0.05, 0) is 24.6 Å². The van der Waals surface area contributed by atoms with Crippen LogP contribution in [0.25, 0.3) is 0 Å². The second kappa shape index (κ2) is 6.25. The molecule has 2 N–H and O–H groups in total. The molecular formula is C16H19NO2. The second-order valence-corrected chi connectivity index (χ2v) is 4.44. The van der Waals surface area contributed by atoms with Gasteiger partial charge in [0.25, 0.3) is 0 Å². The van der Waals surface area contributed by atoms with Gasteiger partial charge in [0.15, 0.2) is 0 Å². The minimum atomic E-state index is -0.137. The maximum Gasteiger partial charge on any atom is 0.128 e. The Morgan fingerprint density at radius 1 is 1.00 bits per heavy atom. The molecule has 0 aliphatic carbocycles. The van der Waals surface area contributed by atoms with E-state index in [0.29, 0.717) is 6.61 Å². The molecule has 0 aliphatic heterocycles. The van der Waals surface area contributed by atoms with Gasteiger partial charge in [-0.2, -0.15) is 0 Å². The molecule has 0 saturated carbocycles. The van der Waals surface area contributed by atoms with Crippen molar-refractivity contribution in [3.05, 3.63) is 59.7 Å². The van der Waals surface area contributed by atoms with E-state index in [1.165, 1.54) is 0 Å². The van der Waals surface area contributed by atoms with E-state index in [2.05, 4.69) is 0 Å². The van der Waals surface area contributed by atoms with Crippen molar-refractivity contribution in [1.82, 2.24) is 0 Å². The quantitative estimate of drug-likeness (QED) is 0.893. The van der Waals surface area contributed by atoms with Crippen LogP contribution in [-0.2, 0) is 6.61 Å². The maximum absolute atomic E-state index is 6.00. The molecule has 0 radical (unpaired) electrons. The van der Waals surface area contributed by atoms with Crippen molar-refractivity contribution in [3.8, 4) is 11.5 Å². The Morgan fingerprint density at radius 3 is 2.32 bits per heavy atom. The molecule has 100 valence electrons. The Balaban J connectivity index is 2.20. The van der Waals surface area contributed by atoms with Crippen LogP contribution in [0.15, 0.2) is 48.5 Å². The van der Waals surface area contributed by atoms with E-state index in [-0.39, 0.29) is 6.04 Å². The molecule has 1 atom stereocenters. The van der Waals surface area contributed by atoms with Gasteiger partial charge in [0.05, 0.1) is 12.7 Å². The van der Waals surface area contributed by atoms with Gasteiger partial charge < -0.3 is 15.2 Å². The molecule has 3 heteroatoms. The summed E-state index contributed by atoms with van der Waals surface area (Å²) in [5.74, 6) is 1.54. The first kappa shape index (κ1) is 13.4. The summed E-state index contributed by atoms with van der Waals surface area (Å²) >= 11 is 0. The van der Waals surface area contributed by atoms with Crippen LogP contribution >= 0.6 is 0 Å². The van der Waals surface area contributed by atoms with E-state index < -0.39 is 0 Å². The van der Waals surface area contributed by atoms with Gasteiger partial charge in [-0.15, -0.1) is 0 Å². The second-order valence-electron chi connectivity index (χ2n) is 4.44. The Bertz CT molecular complexity index is 524. The van der Waals surface area contributed by atoms with Gasteiger partial charge in [0.1, 0.15) is 18.1 Å². The Labute approximate surface area is 114 Å². The van der Waals surface area contributed by atoms with Crippen LogP contribution < -0.4 is 15.2 Å². The smallest absolute Gasteiger partial charge is 0.128 e. The number of nitrogens with two attached hydrogens (primary N) is 1. The Morgan fingerprint density at radius 2 is 1.68 bits per heavy atom. The third kappa shape index (κ3) is 3.26. The molecule has 0 saturated heterocycles. The molecule has 0 unspecified atom stereocenters.